The lowest BCUT2D eigenvalue weighted by molar-refractivity contribution is 0.103. The Morgan fingerprint density at radius 3 is 2.54 bits per heavy atom. The summed E-state index contributed by atoms with van der Waals surface area (Å²) >= 11 is 6.55. The van der Waals surface area contributed by atoms with Crippen molar-refractivity contribution in [3.63, 3.8) is 0 Å². The summed E-state index contributed by atoms with van der Waals surface area (Å²) in [6.07, 6.45) is 3.88. The number of ether oxygens (including phenoxy) is 1. The van der Waals surface area contributed by atoms with Crippen LogP contribution in [0.25, 0.3) is 0 Å². The largest absolute Gasteiger partial charge is 0.493 e. The maximum absolute atomic E-state index is 13.2. The molecule has 0 aliphatic carbocycles. The Kier molecular flexibility index (Phi) is 6.00. The molecule has 1 N–H and O–H groups in total. The highest BCUT2D eigenvalue weighted by molar-refractivity contribution is 7.93. The molecule has 0 radical (unpaired) electrons. The van der Waals surface area contributed by atoms with Crippen LogP contribution in [0.3, 0.4) is 0 Å². The van der Waals surface area contributed by atoms with Gasteiger partial charge in [-0.25, -0.2) is 8.89 Å². The summed E-state index contributed by atoms with van der Waals surface area (Å²) in [5, 5.41) is 14.0. The molecule has 0 atom stereocenters. The average molecular weight is 426 g/mol. The van der Waals surface area contributed by atoms with Gasteiger partial charge >= 0.3 is 0 Å². The fourth-order valence-corrected chi connectivity index (χ4v) is 5.63. The highest BCUT2D eigenvalue weighted by Gasteiger charge is 2.25. The highest BCUT2D eigenvalue weighted by Crippen LogP contribution is 2.41. The first kappa shape index (κ1) is 20.7. The Morgan fingerprint density at radius 2 is 1.96 bits per heavy atom. The van der Waals surface area contributed by atoms with E-state index in [-0.39, 0.29) is 33.8 Å². The van der Waals surface area contributed by atoms with Gasteiger partial charge in [0.1, 0.15) is 17.0 Å². The summed E-state index contributed by atoms with van der Waals surface area (Å²) in [4.78, 5) is 12.9. The molecule has 0 saturated carbocycles. The van der Waals surface area contributed by atoms with E-state index in [1.807, 2.05) is 13.8 Å². The lowest BCUT2D eigenvalue weighted by Crippen LogP contribution is -2.16. The van der Waals surface area contributed by atoms with Gasteiger partial charge in [0.25, 0.3) is 0 Å². The third-order valence-electron chi connectivity index (χ3n) is 4.52. The molecular formula is C19H24ClN3O4S. The summed E-state index contributed by atoms with van der Waals surface area (Å²) in [5.74, 6) is 0.667. The quantitative estimate of drug-likeness (QED) is 0.728. The summed E-state index contributed by atoms with van der Waals surface area (Å²) in [5.41, 5.74) is 0.421. The van der Waals surface area contributed by atoms with Crippen LogP contribution in [-0.4, -0.2) is 42.5 Å². The van der Waals surface area contributed by atoms with Gasteiger partial charge in [-0.05, 0) is 38.8 Å². The van der Waals surface area contributed by atoms with Crippen molar-refractivity contribution in [2.24, 2.45) is 11.4 Å². The molecule has 2 heterocycles. The van der Waals surface area contributed by atoms with E-state index in [1.54, 1.807) is 6.07 Å². The van der Waals surface area contributed by atoms with Crippen LogP contribution >= 0.6 is 11.6 Å². The Bertz CT molecular complexity index is 1010. The molecule has 28 heavy (non-hydrogen) atoms. The number of hydrogen-bond acceptors (Lipinski definition) is 6. The number of carbonyl (C=O) groups excluding carboxylic acids is 1. The molecule has 0 spiro atoms. The zero-order valence-electron chi connectivity index (χ0n) is 16.1. The molecule has 9 heteroatoms. The second kappa shape index (κ2) is 8.13. The van der Waals surface area contributed by atoms with Crippen molar-refractivity contribution < 1.29 is 18.8 Å². The molecule has 3 rings (SSSR count). The van der Waals surface area contributed by atoms with Crippen LogP contribution in [-0.2, 0) is 16.8 Å². The number of aryl methyl sites for hydroxylation is 1. The van der Waals surface area contributed by atoms with Crippen molar-refractivity contribution in [2.75, 3.05) is 11.5 Å². The van der Waals surface area contributed by atoms with Gasteiger partial charge in [0.2, 0.25) is 11.7 Å². The van der Waals surface area contributed by atoms with Gasteiger partial charge in [-0.2, -0.15) is 9.46 Å². The lowest BCUT2D eigenvalue weighted by atomic mass is 10.0. The van der Waals surface area contributed by atoms with Gasteiger partial charge in [-0.15, -0.1) is 0 Å². The van der Waals surface area contributed by atoms with Gasteiger partial charge in [0, 0.05) is 24.1 Å². The number of carbonyl (C=O) groups is 1. The second-order valence-corrected chi connectivity index (χ2v) is 10.0. The molecule has 152 valence electrons. The van der Waals surface area contributed by atoms with Crippen LogP contribution in [0.5, 0.6) is 11.6 Å². The topological polar surface area (TPSA) is 93.8 Å². The molecule has 1 aromatic heterocycles. The van der Waals surface area contributed by atoms with E-state index in [1.165, 1.54) is 24.0 Å². The summed E-state index contributed by atoms with van der Waals surface area (Å²) in [6.45, 7) is 3.73. The van der Waals surface area contributed by atoms with Crippen LogP contribution in [0, 0.1) is 0 Å². The van der Waals surface area contributed by atoms with Crippen molar-refractivity contribution in [1.29, 1.82) is 0 Å². The first-order chi connectivity index (χ1) is 13.2. The average Bonchev–Trinajstić information content (AvgIpc) is 2.97. The van der Waals surface area contributed by atoms with Crippen molar-refractivity contribution in [2.45, 2.75) is 39.2 Å². The number of rotatable bonds is 5. The van der Waals surface area contributed by atoms with E-state index < -0.39 is 15.5 Å². The molecular weight excluding hydrogens is 402 g/mol. The maximum Gasteiger partial charge on any atom is 0.220 e. The fourth-order valence-electron chi connectivity index (χ4n) is 3.08. The Labute approximate surface area is 169 Å². The van der Waals surface area contributed by atoms with Crippen LogP contribution in [0.15, 0.2) is 22.7 Å². The summed E-state index contributed by atoms with van der Waals surface area (Å²) in [6, 6.07) is 3.14. The maximum atomic E-state index is 13.2. The predicted octanol–water partition coefficient (Wildman–Crippen LogP) is 4.08. The number of halogens is 1. The second-order valence-electron chi connectivity index (χ2n) is 7.11. The molecule has 0 amide bonds. The van der Waals surface area contributed by atoms with Crippen LogP contribution in [0.1, 0.15) is 49.0 Å². The van der Waals surface area contributed by atoms with E-state index in [0.29, 0.717) is 17.3 Å². The zero-order chi connectivity index (χ0) is 20.5. The van der Waals surface area contributed by atoms with E-state index >= 15 is 0 Å². The lowest BCUT2D eigenvalue weighted by Gasteiger charge is -2.19. The van der Waals surface area contributed by atoms with Crippen molar-refractivity contribution in [1.82, 2.24) is 9.78 Å². The standard InChI is InChI=1S/C19H24ClN3O4S/c1-12(2)27-15-8-7-13(18(24)14-11-21-23(3)19(14)25)16(20)17(15)22-28(26)9-5-4-6-10-28/h7-8,11-12,25H,4-6,9-10H2,1-3H3. The molecule has 1 saturated heterocycles. The minimum atomic E-state index is -2.45. The molecule has 1 fully saturated rings. The summed E-state index contributed by atoms with van der Waals surface area (Å²) in [7, 11) is -0.922. The fraction of sp³-hybridized carbons (Fsp3) is 0.474. The number of benzene rings is 1. The first-order valence-electron chi connectivity index (χ1n) is 9.19. The molecule has 0 bridgehead atoms. The predicted molar refractivity (Wildman–Crippen MR) is 109 cm³/mol. The van der Waals surface area contributed by atoms with Crippen molar-refractivity contribution in [3.05, 3.63) is 34.5 Å². The molecule has 0 unspecified atom stereocenters. The third-order valence-corrected chi connectivity index (χ3v) is 7.27. The molecule has 7 nitrogen and oxygen atoms in total. The van der Waals surface area contributed by atoms with E-state index in [2.05, 4.69) is 9.46 Å². The SMILES string of the molecule is CC(C)Oc1ccc(C(=O)c2cnn(C)c2O)c(Cl)c1N=S1(=O)CCCCC1. The van der Waals surface area contributed by atoms with Crippen LogP contribution in [0.4, 0.5) is 5.69 Å². The molecule has 1 aliphatic rings. The van der Waals surface area contributed by atoms with Crippen molar-refractivity contribution in [3.8, 4) is 11.6 Å². The minimum Gasteiger partial charge on any atom is -0.493 e. The number of ketones is 1. The Balaban J connectivity index is 2.14. The molecule has 1 aromatic carbocycles. The number of aromatic nitrogens is 2. The van der Waals surface area contributed by atoms with Gasteiger partial charge < -0.3 is 9.84 Å². The zero-order valence-corrected chi connectivity index (χ0v) is 17.7. The first-order valence-corrected chi connectivity index (χ1v) is 11.4. The monoisotopic (exact) mass is 425 g/mol. The smallest absolute Gasteiger partial charge is 0.220 e. The number of hydrogen-bond donors (Lipinski definition) is 1. The van der Waals surface area contributed by atoms with Gasteiger partial charge in [0.15, 0.2) is 0 Å². The van der Waals surface area contributed by atoms with Gasteiger partial charge in [-0.1, -0.05) is 18.0 Å². The van der Waals surface area contributed by atoms with Crippen LogP contribution < -0.4 is 4.74 Å². The Hall–Kier alpha value is -2.06. The third kappa shape index (κ3) is 4.17. The van der Waals surface area contributed by atoms with Crippen molar-refractivity contribution >= 4 is 32.8 Å². The van der Waals surface area contributed by atoms with Gasteiger partial charge in [0.05, 0.1) is 27.1 Å². The molecule has 2 aromatic rings. The van der Waals surface area contributed by atoms with E-state index in [0.717, 1.165) is 19.3 Å². The van der Waals surface area contributed by atoms with E-state index in [4.69, 9.17) is 16.3 Å². The minimum absolute atomic E-state index is 0.0368. The Morgan fingerprint density at radius 1 is 1.29 bits per heavy atom. The van der Waals surface area contributed by atoms with Gasteiger partial charge in [-0.3, -0.25) is 4.79 Å². The number of aromatic hydroxyl groups is 1. The summed E-state index contributed by atoms with van der Waals surface area (Å²) < 4.78 is 24.7. The number of nitrogens with zero attached hydrogens (tertiary/aromatic N) is 3. The van der Waals surface area contributed by atoms with E-state index in [9.17, 15) is 14.1 Å². The highest BCUT2D eigenvalue weighted by atomic mass is 35.5. The normalized spacial score (nSPS) is 16.2. The molecule has 1 aliphatic heterocycles. The van der Waals surface area contributed by atoms with Crippen LogP contribution in [0.2, 0.25) is 5.02 Å².